The molecule has 0 aromatic heterocycles. The third-order valence-electron chi connectivity index (χ3n) is 3.23. The minimum absolute atomic E-state index is 0.0391. The van der Waals surface area contributed by atoms with Crippen molar-refractivity contribution in [1.82, 2.24) is 0 Å². The van der Waals surface area contributed by atoms with E-state index in [4.69, 9.17) is 9.47 Å². The smallest absolute Gasteiger partial charge is 0.345 e. The maximum Gasteiger partial charge on any atom is 0.345 e. The summed E-state index contributed by atoms with van der Waals surface area (Å²) >= 11 is 0. The third-order valence-corrected chi connectivity index (χ3v) is 3.23. The molecular weight excluding hydrogens is 260 g/mol. The van der Waals surface area contributed by atoms with Crippen LogP contribution in [-0.2, 0) is 19.1 Å². The van der Waals surface area contributed by atoms with Gasteiger partial charge in [0.1, 0.15) is 0 Å². The number of ether oxygens (including phenoxy) is 2. The highest BCUT2D eigenvalue weighted by molar-refractivity contribution is 5.96. The normalized spacial score (nSPS) is 17.6. The van der Waals surface area contributed by atoms with Gasteiger partial charge in [-0.3, -0.25) is 9.59 Å². The van der Waals surface area contributed by atoms with Gasteiger partial charge in [-0.25, -0.2) is 4.79 Å². The van der Waals surface area contributed by atoms with Gasteiger partial charge in [0, 0.05) is 6.42 Å². The predicted octanol–water partition coefficient (Wildman–Crippen LogP) is 2.02. The molecule has 0 radical (unpaired) electrons. The number of rotatable bonds is 4. The minimum Gasteiger partial charge on any atom is -0.465 e. The molecule has 5 nitrogen and oxygen atoms in total. The van der Waals surface area contributed by atoms with E-state index in [0.29, 0.717) is 25.0 Å². The monoisotopic (exact) mass is 276 g/mol. The molecule has 0 amide bonds. The highest BCUT2D eigenvalue weighted by Crippen LogP contribution is 2.20. The third kappa shape index (κ3) is 3.66. The first kappa shape index (κ1) is 14.2. The lowest BCUT2D eigenvalue weighted by Gasteiger charge is -2.05. The average molecular weight is 276 g/mol. The van der Waals surface area contributed by atoms with E-state index in [0.717, 1.165) is 5.56 Å². The van der Waals surface area contributed by atoms with Crippen molar-refractivity contribution < 1.29 is 23.9 Å². The minimum atomic E-state index is -0.663. The molecule has 0 saturated carbocycles. The Morgan fingerprint density at radius 2 is 2.00 bits per heavy atom. The Bertz CT molecular complexity index is 518. The van der Waals surface area contributed by atoms with E-state index in [9.17, 15) is 14.4 Å². The summed E-state index contributed by atoms with van der Waals surface area (Å²) in [5, 5.41) is 0. The Hall–Kier alpha value is -2.17. The molecule has 1 atom stereocenters. The van der Waals surface area contributed by atoms with Gasteiger partial charge in [-0.05, 0) is 31.9 Å². The molecule has 1 saturated heterocycles. The topological polar surface area (TPSA) is 69.7 Å². The first-order valence-electron chi connectivity index (χ1n) is 6.54. The second-order valence-electron chi connectivity index (χ2n) is 4.82. The molecule has 2 rings (SSSR count). The van der Waals surface area contributed by atoms with Gasteiger partial charge in [0.15, 0.2) is 0 Å². The van der Waals surface area contributed by atoms with Crippen LogP contribution in [0.3, 0.4) is 0 Å². The summed E-state index contributed by atoms with van der Waals surface area (Å²) in [5.74, 6) is -1.81. The SMILES string of the molecule is Cc1ccc(C(=O)OC(=O)CCC2CCOC2=O)cc1. The molecular formula is C15H16O5. The largest absolute Gasteiger partial charge is 0.465 e. The number of carbonyl (C=O) groups excluding carboxylic acids is 3. The number of cyclic esters (lactones) is 1. The zero-order valence-corrected chi connectivity index (χ0v) is 11.3. The van der Waals surface area contributed by atoms with E-state index < -0.39 is 11.9 Å². The first-order chi connectivity index (χ1) is 9.56. The summed E-state index contributed by atoms with van der Waals surface area (Å²) in [6, 6.07) is 6.77. The average Bonchev–Trinajstić information content (AvgIpc) is 2.82. The molecule has 0 bridgehead atoms. The van der Waals surface area contributed by atoms with Crippen LogP contribution in [0.25, 0.3) is 0 Å². The van der Waals surface area contributed by atoms with Crippen LogP contribution in [0.15, 0.2) is 24.3 Å². The van der Waals surface area contributed by atoms with Crippen LogP contribution in [0.2, 0.25) is 0 Å². The van der Waals surface area contributed by atoms with Gasteiger partial charge in [0.25, 0.3) is 0 Å². The summed E-state index contributed by atoms with van der Waals surface area (Å²) in [4.78, 5) is 34.5. The maximum atomic E-state index is 11.7. The van der Waals surface area contributed by atoms with Crippen LogP contribution in [-0.4, -0.2) is 24.5 Å². The highest BCUT2D eigenvalue weighted by Gasteiger charge is 2.27. The van der Waals surface area contributed by atoms with Gasteiger partial charge in [0.2, 0.25) is 0 Å². The van der Waals surface area contributed by atoms with Crippen LogP contribution >= 0.6 is 0 Å². The van der Waals surface area contributed by atoms with Gasteiger partial charge in [-0.2, -0.15) is 0 Å². The molecule has 1 aromatic rings. The van der Waals surface area contributed by atoms with E-state index in [1.807, 2.05) is 6.92 Å². The molecule has 0 spiro atoms. The fourth-order valence-electron chi connectivity index (χ4n) is 1.99. The molecule has 1 aliphatic rings. The van der Waals surface area contributed by atoms with E-state index in [1.165, 1.54) is 0 Å². The van der Waals surface area contributed by atoms with Crippen molar-refractivity contribution in [2.24, 2.45) is 5.92 Å². The molecule has 0 N–H and O–H groups in total. The van der Waals surface area contributed by atoms with Crippen LogP contribution in [0.1, 0.15) is 35.2 Å². The summed E-state index contributed by atoms with van der Waals surface area (Å²) in [5.41, 5.74) is 1.36. The lowest BCUT2D eigenvalue weighted by molar-refractivity contribution is -0.142. The van der Waals surface area contributed by atoms with Crippen molar-refractivity contribution in [1.29, 1.82) is 0 Å². The lowest BCUT2D eigenvalue weighted by Crippen LogP contribution is -2.15. The molecule has 106 valence electrons. The van der Waals surface area contributed by atoms with Crippen molar-refractivity contribution in [2.45, 2.75) is 26.2 Å². The second-order valence-corrected chi connectivity index (χ2v) is 4.82. The summed E-state index contributed by atoms with van der Waals surface area (Å²) in [6.45, 7) is 2.31. The fourth-order valence-corrected chi connectivity index (χ4v) is 1.99. The number of hydrogen-bond acceptors (Lipinski definition) is 5. The fraction of sp³-hybridized carbons (Fsp3) is 0.400. The Balaban J connectivity index is 1.80. The number of carbonyl (C=O) groups is 3. The number of aryl methyl sites for hydroxylation is 1. The lowest BCUT2D eigenvalue weighted by atomic mass is 10.0. The van der Waals surface area contributed by atoms with Crippen LogP contribution in [0.4, 0.5) is 0 Å². The molecule has 5 heteroatoms. The van der Waals surface area contributed by atoms with Crippen LogP contribution in [0, 0.1) is 12.8 Å². The van der Waals surface area contributed by atoms with Crippen molar-refractivity contribution >= 4 is 17.9 Å². The molecule has 1 aliphatic heterocycles. The van der Waals surface area contributed by atoms with Crippen LogP contribution < -0.4 is 0 Å². The predicted molar refractivity (Wildman–Crippen MR) is 69.9 cm³/mol. The Labute approximate surface area is 116 Å². The van der Waals surface area contributed by atoms with Crippen molar-refractivity contribution in [3.63, 3.8) is 0 Å². The van der Waals surface area contributed by atoms with Gasteiger partial charge in [-0.1, -0.05) is 17.7 Å². The van der Waals surface area contributed by atoms with Gasteiger partial charge in [0.05, 0.1) is 18.1 Å². The maximum absolute atomic E-state index is 11.7. The molecule has 1 heterocycles. The number of esters is 3. The van der Waals surface area contributed by atoms with Crippen LogP contribution in [0.5, 0.6) is 0 Å². The standard InChI is InChI=1S/C15H16O5/c1-10-2-4-11(5-3-10)15(18)20-13(16)7-6-12-8-9-19-14(12)17/h2-5,12H,6-9H2,1H3. The molecule has 20 heavy (non-hydrogen) atoms. The Morgan fingerprint density at radius 3 is 2.60 bits per heavy atom. The van der Waals surface area contributed by atoms with Crippen molar-refractivity contribution in [3.05, 3.63) is 35.4 Å². The van der Waals surface area contributed by atoms with E-state index in [-0.39, 0.29) is 18.3 Å². The summed E-state index contributed by atoms with van der Waals surface area (Å²) < 4.78 is 9.54. The van der Waals surface area contributed by atoms with Gasteiger partial charge >= 0.3 is 17.9 Å². The molecule has 1 fully saturated rings. The second kappa shape index (κ2) is 6.32. The number of hydrogen-bond donors (Lipinski definition) is 0. The molecule has 1 unspecified atom stereocenters. The van der Waals surface area contributed by atoms with Crippen molar-refractivity contribution in [2.75, 3.05) is 6.61 Å². The van der Waals surface area contributed by atoms with E-state index in [2.05, 4.69) is 0 Å². The quantitative estimate of drug-likeness (QED) is 0.621. The first-order valence-corrected chi connectivity index (χ1v) is 6.54. The van der Waals surface area contributed by atoms with Gasteiger partial charge < -0.3 is 9.47 Å². The Morgan fingerprint density at radius 1 is 1.30 bits per heavy atom. The van der Waals surface area contributed by atoms with E-state index in [1.54, 1.807) is 24.3 Å². The number of benzene rings is 1. The zero-order chi connectivity index (χ0) is 14.5. The molecule has 1 aromatic carbocycles. The van der Waals surface area contributed by atoms with Gasteiger partial charge in [-0.15, -0.1) is 0 Å². The summed E-state index contributed by atoms with van der Waals surface area (Å²) in [6.07, 6.45) is 1.02. The highest BCUT2D eigenvalue weighted by atomic mass is 16.6. The zero-order valence-electron chi connectivity index (χ0n) is 11.3. The van der Waals surface area contributed by atoms with E-state index >= 15 is 0 Å². The summed E-state index contributed by atoms with van der Waals surface area (Å²) in [7, 11) is 0. The van der Waals surface area contributed by atoms with Crippen molar-refractivity contribution in [3.8, 4) is 0 Å². The Kier molecular flexibility index (Phi) is 4.50. The molecule has 0 aliphatic carbocycles.